The number of aromatic nitrogens is 3. The summed E-state index contributed by atoms with van der Waals surface area (Å²) in [5.74, 6) is -1.44. The average molecular weight is 461 g/mol. The second-order valence-corrected chi connectivity index (χ2v) is 10.1. The normalized spacial score (nSPS) is 18.6. The third-order valence-electron chi connectivity index (χ3n) is 5.28. The minimum absolute atomic E-state index is 0.0126. The van der Waals surface area contributed by atoms with E-state index in [0.29, 0.717) is 9.78 Å². The highest BCUT2D eigenvalue weighted by Gasteiger charge is 2.40. The van der Waals surface area contributed by atoms with E-state index in [0.717, 1.165) is 12.3 Å². The summed E-state index contributed by atoms with van der Waals surface area (Å²) in [5.41, 5.74) is 6.00. The predicted molar refractivity (Wildman–Crippen MR) is 117 cm³/mol. The maximum atomic E-state index is 14.8. The number of allylic oxidation sites excluding steroid dienone is 3. The van der Waals surface area contributed by atoms with Crippen molar-refractivity contribution in [2.75, 3.05) is 5.73 Å². The molecule has 1 aromatic carbocycles. The smallest absolute Gasteiger partial charge is 0.263 e. The molecule has 2 heterocycles. The van der Waals surface area contributed by atoms with Gasteiger partial charge in [0.2, 0.25) is 5.78 Å². The van der Waals surface area contributed by atoms with Crippen LogP contribution in [-0.2, 0) is 10.0 Å². The summed E-state index contributed by atoms with van der Waals surface area (Å²) in [4.78, 5) is 17.4. The maximum Gasteiger partial charge on any atom is 0.263 e. The van der Waals surface area contributed by atoms with Crippen LogP contribution in [0.3, 0.4) is 0 Å². The van der Waals surface area contributed by atoms with Gasteiger partial charge in [0.25, 0.3) is 10.0 Å². The predicted octanol–water partition coefficient (Wildman–Crippen LogP) is 3.80. The van der Waals surface area contributed by atoms with Crippen molar-refractivity contribution in [2.45, 2.75) is 25.0 Å². The van der Waals surface area contributed by atoms with Gasteiger partial charge in [-0.15, -0.1) is 0 Å². The molecule has 0 saturated carbocycles. The van der Waals surface area contributed by atoms with E-state index < -0.39 is 26.4 Å². The van der Waals surface area contributed by atoms with Crippen LogP contribution in [0, 0.1) is 12.7 Å². The van der Waals surface area contributed by atoms with Crippen molar-refractivity contribution < 1.29 is 17.6 Å². The number of fused-ring (bicyclic) bond motifs is 1. The zero-order chi connectivity index (χ0) is 22.6. The number of carbonyl (C=O) groups is 1. The molecule has 4 rings (SSSR count). The van der Waals surface area contributed by atoms with E-state index in [4.69, 9.17) is 17.3 Å². The molecule has 2 aromatic heterocycles. The molecule has 0 fully saturated rings. The molecule has 1 atom stereocenters. The van der Waals surface area contributed by atoms with Crippen molar-refractivity contribution in [3.63, 3.8) is 0 Å². The van der Waals surface area contributed by atoms with Crippen molar-refractivity contribution >= 4 is 44.0 Å². The molecule has 0 amide bonds. The fourth-order valence-corrected chi connectivity index (χ4v) is 5.29. The Morgan fingerprint density at radius 3 is 2.74 bits per heavy atom. The average Bonchev–Trinajstić information content (AvgIpc) is 3.18. The lowest BCUT2D eigenvalue weighted by Crippen LogP contribution is -2.38. The Labute approximate surface area is 183 Å². The molecule has 10 heteroatoms. The van der Waals surface area contributed by atoms with Crippen LogP contribution in [0.1, 0.15) is 35.1 Å². The van der Waals surface area contributed by atoms with Crippen molar-refractivity contribution in [1.29, 1.82) is 0 Å². The summed E-state index contributed by atoms with van der Waals surface area (Å²) in [6, 6.07) is 3.79. The SMILES string of the molecule is Cc1cc(Cl)c(N)c(C(=O)c2ccc(F)c3c2cnn3S(=O)(=O)C2(C)C=CC=CC2)n1. The second-order valence-electron chi connectivity index (χ2n) is 7.49. The van der Waals surface area contributed by atoms with E-state index in [1.165, 1.54) is 25.1 Å². The number of nitrogens with two attached hydrogens (primary N) is 1. The maximum absolute atomic E-state index is 14.8. The molecule has 3 aromatic rings. The first-order valence-corrected chi connectivity index (χ1v) is 11.1. The zero-order valence-corrected chi connectivity index (χ0v) is 18.2. The minimum Gasteiger partial charge on any atom is -0.396 e. The Bertz CT molecular complexity index is 1410. The number of halogens is 2. The van der Waals surface area contributed by atoms with Crippen LogP contribution in [-0.4, -0.2) is 33.1 Å². The van der Waals surface area contributed by atoms with E-state index in [9.17, 15) is 17.6 Å². The van der Waals surface area contributed by atoms with Gasteiger partial charge in [-0.25, -0.2) is 17.8 Å². The number of hydrogen-bond donors (Lipinski definition) is 1. The van der Waals surface area contributed by atoms with Gasteiger partial charge in [0, 0.05) is 16.6 Å². The lowest BCUT2D eigenvalue weighted by Gasteiger charge is -2.26. The highest BCUT2D eigenvalue weighted by atomic mass is 35.5. The van der Waals surface area contributed by atoms with E-state index in [1.54, 1.807) is 25.2 Å². The largest absolute Gasteiger partial charge is 0.396 e. The summed E-state index contributed by atoms with van der Waals surface area (Å²) < 4.78 is 40.8. The molecule has 0 spiro atoms. The van der Waals surface area contributed by atoms with Crippen molar-refractivity contribution in [1.82, 2.24) is 14.2 Å². The first-order chi connectivity index (χ1) is 14.6. The molecule has 2 N–H and O–H groups in total. The Balaban J connectivity index is 1.92. The second kappa shape index (κ2) is 7.28. The standard InChI is InChI=1S/C21H18ClFN4O3S/c1-12-10-15(22)17(24)18(26-12)20(28)13-6-7-16(23)19-14(13)11-25-27(19)31(29,30)21(2)8-4-3-5-9-21/h3-8,10-11H,9,24H2,1-2H3. The summed E-state index contributed by atoms with van der Waals surface area (Å²) >= 11 is 6.07. The van der Waals surface area contributed by atoms with Crippen LogP contribution in [0.15, 0.2) is 48.7 Å². The first-order valence-electron chi connectivity index (χ1n) is 9.30. The summed E-state index contributed by atoms with van der Waals surface area (Å²) in [6.45, 7) is 3.18. The molecule has 160 valence electrons. The number of benzene rings is 1. The van der Waals surface area contributed by atoms with Crippen LogP contribution in [0.4, 0.5) is 10.1 Å². The fraction of sp³-hybridized carbons (Fsp3) is 0.190. The van der Waals surface area contributed by atoms with Gasteiger partial charge in [-0.1, -0.05) is 35.9 Å². The number of anilines is 1. The number of nitrogen functional groups attached to an aromatic ring is 1. The molecule has 1 unspecified atom stereocenters. The number of nitrogens with zero attached hydrogens (tertiary/aromatic N) is 3. The van der Waals surface area contributed by atoms with Gasteiger partial charge >= 0.3 is 0 Å². The third-order valence-corrected chi connectivity index (χ3v) is 7.81. The van der Waals surface area contributed by atoms with Crippen molar-refractivity contribution in [3.05, 3.63) is 76.5 Å². The van der Waals surface area contributed by atoms with Gasteiger partial charge in [-0.2, -0.15) is 9.19 Å². The molecule has 0 saturated heterocycles. The molecule has 1 aliphatic carbocycles. The topological polar surface area (TPSA) is 108 Å². The van der Waals surface area contributed by atoms with Crippen LogP contribution in [0.25, 0.3) is 10.9 Å². The van der Waals surface area contributed by atoms with Gasteiger partial charge in [0.15, 0.2) is 0 Å². The summed E-state index contributed by atoms with van der Waals surface area (Å²) in [5, 5.41) is 4.14. The van der Waals surface area contributed by atoms with Crippen molar-refractivity contribution in [2.24, 2.45) is 0 Å². The number of hydrogen-bond acceptors (Lipinski definition) is 6. The molecular weight excluding hydrogens is 443 g/mol. The van der Waals surface area contributed by atoms with Crippen LogP contribution >= 0.6 is 11.6 Å². The Morgan fingerprint density at radius 2 is 2.06 bits per heavy atom. The van der Waals surface area contributed by atoms with Crippen LogP contribution < -0.4 is 5.73 Å². The van der Waals surface area contributed by atoms with E-state index in [2.05, 4.69) is 10.1 Å². The van der Waals surface area contributed by atoms with Crippen LogP contribution in [0.5, 0.6) is 0 Å². The number of aryl methyl sites for hydroxylation is 1. The zero-order valence-electron chi connectivity index (χ0n) is 16.6. The Morgan fingerprint density at radius 1 is 1.32 bits per heavy atom. The lowest BCUT2D eigenvalue weighted by atomic mass is 10.0. The molecule has 31 heavy (non-hydrogen) atoms. The van der Waals surface area contributed by atoms with E-state index in [-0.39, 0.29) is 39.3 Å². The molecule has 0 radical (unpaired) electrons. The fourth-order valence-electron chi connectivity index (χ4n) is 3.50. The van der Waals surface area contributed by atoms with E-state index in [1.807, 2.05) is 0 Å². The van der Waals surface area contributed by atoms with Crippen molar-refractivity contribution in [3.8, 4) is 0 Å². The summed E-state index contributed by atoms with van der Waals surface area (Å²) in [6.07, 6.45) is 7.96. The minimum atomic E-state index is -4.14. The highest BCUT2D eigenvalue weighted by Crippen LogP contribution is 2.33. The summed E-state index contributed by atoms with van der Waals surface area (Å²) in [7, 11) is -4.14. The quantitative estimate of drug-likeness (QED) is 0.593. The number of carbonyl (C=O) groups excluding carboxylic acids is 1. The van der Waals surface area contributed by atoms with Gasteiger partial charge < -0.3 is 5.73 Å². The van der Waals surface area contributed by atoms with Crippen LogP contribution in [0.2, 0.25) is 5.02 Å². The van der Waals surface area contributed by atoms with E-state index >= 15 is 0 Å². The van der Waals surface area contributed by atoms with Gasteiger partial charge in [0.05, 0.1) is 16.9 Å². The number of ketones is 1. The molecule has 0 aliphatic heterocycles. The van der Waals surface area contributed by atoms with Gasteiger partial charge in [0.1, 0.15) is 21.8 Å². The van der Waals surface area contributed by atoms with Gasteiger partial charge in [-0.05, 0) is 38.5 Å². The molecule has 0 bridgehead atoms. The monoisotopic (exact) mass is 460 g/mol. The third kappa shape index (κ3) is 3.24. The number of pyridine rings is 1. The lowest BCUT2D eigenvalue weighted by molar-refractivity contribution is 0.103. The Kier molecular flexibility index (Phi) is 4.98. The molecule has 7 nitrogen and oxygen atoms in total. The molecule has 1 aliphatic rings. The van der Waals surface area contributed by atoms with Gasteiger partial charge in [-0.3, -0.25) is 4.79 Å². The highest BCUT2D eigenvalue weighted by molar-refractivity contribution is 7.91. The first kappa shape index (κ1) is 21.2. The molecular formula is C21H18ClFN4O3S. The number of rotatable bonds is 4. The Hall–Kier alpha value is -3.04.